The lowest BCUT2D eigenvalue weighted by molar-refractivity contribution is 0.373. The largest absolute Gasteiger partial charge is 0.504 e. The van der Waals surface area contributed by atoms with Gasteiger partial charge >= 0.3 is 0 Å². The second-order valence-electron chi connectivity index (χ2n) is 5.16. The van der Waals surface area contributed by atoms with Gasteiger partial charge in [-0.25, -0.2) is 9.37 Å². The molecule has 2 N–H and O–H groups in total. The number of aromatic hydroxyl groups is 1. The summed E-state index contributed by atoms with van der Waals surface area (Å²) >= 11 is 0. The van der Waals surface area contributed by atoms with E-state index in [0.29, 0.717) is 23.8 Å². The standard InChI is InChI=1S/C18H16FN3O2/c1-24-17-8-13(4-7-16(17)23)15-10-20-11-18(22-15)21-9-12-2-5-14(19)6-3-12/h2-8,10-11,23H,9H2,1H3,(H,21,22). The lowest BCUT2D eigenvalue weighted by Gasteiger charge is -2.09. The first-order valence-corrected chi connectivity index (χ1v) is 7.33. The highest BCUT2D eigenvalue weighted by molar-refractivity contribution is 5.64. The zero-order valence-electron chi connectivity index (χ0n) is 13.0. The Kier molecular flexibility index (Phi) is 4.56. The fourth-order valence-corrected chi connectivity index (χ4v) is 2.22. The molecule has 0 aliphatic rings. The molecule has 122 valence electrons. The number of halogens is 1. The van der Waals surface area contributed by atoms with Crippen molar-refractivity contribution in [1.82, 2.24) is 9.97 Å². The highest BCUT2D eigenvalue weighted by Gasteiger charge is 2.07. The molecule has 0 bridgehead atoms. The number of anilines is 1. The first-order chi connectivity index (χ1) is 11.7. The second kappa shape index (κ2) is 6.95. The van der Waals surface area contributed by atoms with Crippen LogP contribution in [0.3, 0.4) is 0 Å². The number of phenols is 1. The van der Waals surface area contributed by atoms with Crippen LogP contribution in [0, 0.1) is 5.82 Å². The molecule has 1 heterocycles. The minimum atomic E-state index is -0.262. The van der Waals surface area contributed by atoms with Crippen LogP contribution in [0.25, 0.3) is 11.3 Å². The van der Waals surface area contributed by atoms with Gasteiger partial charge in [-0.2, -0.15) is 0 Å². The maximum atomic E-state index is 12.9. The molecule has 2 aromatic carbocycles. The summed E-state index contributed by atoms with van der Waals surface area (Å²) in [5.74, 6) is 0.782. The van der Waals surface area contributed by atoms with Crippen molar-refractivity contribution in [2.24, 2.45) is 0 Å². The van der Waals surface area contributed by atoms with Gasteiger partial charge < -0.3 is 15.2 Å². The molecule has 0 unspecified atom stereocenters. The number of benzene rings is 2. The van der Waals surface area contributed by atoms with Gasteiger partial charge in [-0.3, -0.25) is 4.98 Å². The molecule has 3 aromatic rings. The average Bonchev–Trinajstić information content (AvgIpc) is 2.62. The van der Waals surface area contributed by atoms with Crippen LogP contribution in [0.5, 0.6) is 11.5 Å². The highest BCUT2D eigenvalue weighted by atomic mass is 19.1. The van der Waals surface area contributed by atoms with E-state index in [1.54, 1.807) is 42.7 Å². The zero-order valence-corrected chi connectivity index (χ0v) is 13.0. The monoisotopic (exact) mass is 325 g/mol. The number of ether oxygens (including phenoxy) is 1. The highest BCUT2D eigenvalue weighted by Crippen LogP contribution is 2.30. The summed E-state index contributed by atoms with van der Waals surface area (Å²) in [6, 6.07) is 11.3. The van der Waals surface area contributed by atoms with E-state index in [0.717, 1.165) is 11.1 Å². The Morgan fingerprint density at radius 3 is 2.67 bits per heavy atom. The summed E-state index contributed by atoms with van der Waals surface area (Å²) in [5.41, 5.74) is 2.37. The summed E-state index contributed by atoms with van der Waals surface area (Å²) in [7, 11) is 1.49. The third kappa shape index (κ3) is 3.60. The third-order valence-corrected chi connectivity index (χ3v) is 3.50. The Balaban J connectivity index is 1.77. The first-order valence-electron chi connectivity index (χ1n) is 7.33. The Morgan fingerprint density at radius 1 is 1.12 bits per heavy atom. The Morgan fingerprint density at radius 2 is 1.92 bits per heavy atom. The number of hydrogen-bond acceptors (Lipinski definition) is 5. The molecule has 0 saturated heterocycles. The molecule has 0 saturated carbocycles. The summed E-state index contributed by atoms with van der Waals surface area (Å²) in [5, 5.41) is 12.8. The normalized spacial score (nSPS) is 10.4. The summed E-state index contributed by atoms with van der Waals surface area (Å²) < 4.78 is 18.0. The van der Waals surface area contributed by atoms with E-state index >= 15 is 0 Å². The molecule has 24 heavy (non-hydrogen) atoms. The summed E-state index contributed by atoms with van der Waals surface area (Å²) in [6.07, 6.45) is 3.25. The molecule has 1 aromatic heterocycles. The van der Waals surface area contributed by atoms with Crippen LogP contribution in [-0.2, 0) is 6.54 Å². The van der Waals surface area contributed by atoms with Gasteiger partial charge in [0.05, 0.1) is 25.2 Å². The van der Waals surface area contributed by atoms with Crippen molar-refractivity contribution in [2.45, 2.75) is 6.54 Å². The number of rotatable bonds is 5. The van der Waals surface area contributed by atoms with Crippen molar-refractivity contribution < 1.29 is 14.2 Å². The average molecular weight is 325 g/mol. The van der Waals surface area contributed by atoms with Crippen LogP contribution < -0.4 is 10.1 Å². The van der Waals surface area contributed by atoms with Crippen molar-refractivity contribution in [3.63, 3.8) is 0 Å². The van der Waals surface area contributed by atoms with Crippen molar-refractivity contribution in [3.05, 3.63) is 66.2 Å². The summed E-state index contributed by atoms with van der Waals surface area (Å²) in [4.78, 5) is 8.67. The number of phenolic OH excluding ortho intramolecular Hbond substituents is 1. The van der Waals surface area contributed by atoms with Crippen molar-refractivity contribution in [3.8, 4) is 22.8 Å². The van der Waals surface area contributed by atoms with E-state index in [1.807, 2.05) is 0 Å². The van der Waals surface area contributed by atoms with Gasteiger partial charge in [0.1, 0.15) is 11.6 Å². The molecule has 0 amide bonds. The maximum absolute atomic E-state index is 12.9. The molecule has 0 aliphatic heterocycles. The van der Waals surface area contributed by atoms with E-state index < -0.39 is 0 Å². The minimum Gasteiger partial charge on any atom is -0.504 e. The van der Waals surface area contributed by atoms with E-state index in [9.17, 15) is 9.50 Å². The van der Waals surface area contributed by atoms with E-state index in [-0.39, 0.29) is 11.6 Å². The fraction of sp³-hybridized carbons (Fsp3) is 0.111. The van der Waals surface area contributed by atoms with E-state index in [1.165, 1.54) is 19.2 Å². The number of methoxy groups -OCH3 is 1. The van der Waals surface area contributed by atoms with Gasteiger partial charge in [-0.1, -0.05) is 12.1 Å². The van der Waals surface area contributed by atoms with Crippen LogP contribution in [0.4, 0.5) is 10.2 Å². The Hall–Kier alpha value is -3.15. The molecule has 0 fully saturated rings. The second-order valence-corrected chi connectivity index (χ2v) is 5.16. The van der Waals surface area contributed by atoms with Gasteiger partial charge in [0.25, 0.3) is 0 Å². The summed E-state index contributed by atoms with van der Waals surface area (Å²) in [6.45, 7) is 0.511. The predicted molar refractivity (Wildman–Crippen MR) is 89.4 cm³/mol. The Labute approximate surface area is 138 Å². The molecule has 0 radical (unpaired) electrons. The van der Waals surface area contributed by atoms with Crippen LogP contribution in [0.15, 0.2) is 54.9 Å². The SMILES string of the molecule is COc1cc(-c2cncc(NCc3ccc(F)cc3)n2)ccc1O. The smallest absolute Gasteiger partial charge is 0.161 e. The maximum Gasteiger partial charge on any atom is 0.161 e. The number of aromatic nitrogens is 2. The van der Waals surface area contributed by atoms with Crippen LogP contribution >= 0.6 is 0 Å². The quantitative estimate of drug-likeness (QED) is 0.750. The molecular formula is C18H16FN3O2. The van der Waals surface area contributed by atoms with Crippen molar-refractivity contribution >= 4 is 5.82 Å². The predicted octanol–water partition coefficient (Wildman–Crippen LogP) is 3.61. The minimum absolute atomic E-state index is 0.0693. The topological polar surface area (TPSA) is 67.3 Å². The molecule has 5 nitrogen and oxygen atoms in total. The molecule has 0 atom stereocenters. The molecule has 3 rings (SSSR count). The number of nitrogens with zero attached hydrogens (tertiary/aromatic N) is 2. The van der Waals surface area contributed by atoms with Crippen LogP contribution in [0.1, 0.15) is 5.56 Å². The molecule has 6 heteroatoms. The van der Waals surface area contributed by atoms with Gasteiger partial charge in [0, 0.05) is 12.1 Å². The lowest BCUT2D eigenvalue weighted by Crippen LogP contribution is -2.02. The number of hydrogen-bond donors (Lipinski definition) is 2. The zero-order chi connectivity index (χ0) is 16.9. The van der Waals surface area contributed by atoms with E-state index in [4.69, 9.17) is 4.74 Å². The van der Waals surface area contributed by atoms with Crippen molar-refractivity contribution in [1.29, 1.82) is 0 Å². The number of nitrogens with one attached hydrogen (secondary N) is 1. The van der Waals surface area contributed by atoms with Gasteiger partial charge in [0.15, 0.2) is 11.5 Å². The van der Waals surface area contributed by atoms with Gasteiger partial charge in [-0.05, 0) is 35.9 Å². The van der Waals surface area contributed by atoms with Gasteiger partial charge in [0.2, 0.25) is 0 Å². The molecular weight excluding hydrogens is 309 g/mol. The third-order valence-electron chi connectivity index (χ3n) is 3.50. The lowest BCUT2D eigenvalue weighted by atomic mass is 10.1. The Bertz CT molecular complexity index is 838. The fourth-order valence-electron chi connectivity index (χ4n) is 2.22. The molecule has 0 spiro atoms. The van der Waals surface area contributed by atoms with Crippen LogP contribution in [-0.4, -0.2) is 22.2 Å². The van der Waals surface area contributed by atoms with E-state index in [2.05, 4.69) is 15.3 Å². The molecule has 0 aliphatic carbocycles. The van der Waals surface area contributed by atoms with Crippen molar-refractivity contribution in [2.75, 3.05) is 12.4 Å². The first kappa shape index (κ1) is 15.7. The van der Waals surface area contributed by atoms with Crippen LogP contribution in [0.2, 0.25) is 0 Å². The van der Waals surface area contributed by atoms with Gasteiger partial charge in [-0.15, -0.1) is 0 Å².